The fourth-order valence-corrected chi connectivity index (χ4v) is 3.61. The number of nitrogens with one attached hydrogen (secondary N) is 1. The Hall–Kier alpha value is -2.09. The van der Waals surface area contributed by atoms with Crippen LogP contribution in [-0.2, 0) is 14.9 Å². The van der Waals surface area contributed by atoms with Crippen molar-refractivity contribution in [1.29, 1.82) is 0 Å². The maximum absolute atomic E-state index is 12.2. The Balaban J connectivity index is 1.43. The minimum Gasteiger partial charge on any atom is -0.491 e. The van der Waals surface area contributed by atoms with Crippen LogP contribution in [0, 0.1) is 0 Å². The molecule has 1 aliphatic rings. The molecule has 0 heterocycles. The lowest BCUT2D eigenvalue weighted by molar-refractivity contribution is 0.0665. The molecule has 3 rings (SSSR count). The van der Waals surface area contributed by atoms with Gasteiger partial charge in [0.05, 0.1) is 11.0 Å². The molecule has 6 nitrogen and oxygen atoms in total. The van der Waals surface area contributed by atoms with E-state index in [1.54, 1.807) is 12.1 Å². The van der Waals surface area contributed by atoms with E-state index in [1.165, 1.54) is 25.0 Å². The lowest BCUT2D eigenvalue weighted by Crippen LogP contribution is -2.26. The molecule has 0 saturated heterocycles. The maximum atomic E-state index is 12.2. The van der Waals surface area contributed by atoms with Gasteiger partial charge in [0.2, 0.25) is 0 Å². The minimum atomic E-state index is -3.73. The van der Waals surface area contributed by atoms with Crippen LogP contribution in [-0.4, -0.2) is 27.7 Å². The zero-order valence-corrected chi connectivity index (χ0v) is 15.3. The van der Waals surface area contributed by atoms with Crippen molar-refractivity contribution in [2.45, 2.75) is 36.7 Å². The van der Waals surface area contributed by atoms with Crippen LogP contribution < -0.4 is 14.4 Å². The molecule has 0 bridgehead atoms. The first kappa shape index (κ1) is 18.7. The average molecular weight is 377 g/mol. The molecule has 26 heavy (non-hydrogen) atoms. The summed E-state index contributed by atoms with van der Waals surface area (Å²) in [5.74, 6) is 1.39. The van der Waals surface area contributed by atoms with Crippen LogP contribution in [0.2, 0.25) is 0 Å². The van der Waals surface area contributed by atoms with Gasteiger partial charge in [-0.25, -0.2) is 8.42 Å². The Bertz CT molecular complexity index is 771. The fourth-order valence-electron chi connectivity index (χ4n) is 2.78. The summed E-state index contributed by atoms with van der Waals surface area (Å²) in [5, 5.41) is 0. The van der Waals surface area contributed by atoms with Gasteiger partial charge >= 0.3 is 0 Å². The van der Waals surface area contributed by atoms with Crippen LogP contribution in [0.15, 0.2) is 59.5 Å². The molecule has 0 spiro atoms. The molecular formula is C19H23NO5S. The average Bonchev–Trinajstić information content (AvgIpc) is 3.16. The van der Waals surface area contributed by atoms with E-state index in [0.29, 0.717) is 11.5 Å². The van der Waals surface area contributed by atoms with E-state index in [1.807, 2.05) is 30.3 Å². The lowest BCUT2D eigenvalue weighted by atomic mass is 10.3. The molecule has 0 unspecified atom stereocenters. The number of benzene rings is 2. The van der Waals surface area contributed by atoms with Crippen LogP contribution >= 0.6 is 0 Å². The molecule has 2 aromatic rings. The van der Waals surface area contributed by atoms with Gasteiger partial charge in [-0.3, -0.25) is 4.84 Å². The number of para-hydroxylation sites is 1. The Morgan fingerprint density at radius 2 is 1.58 bits per heavy atom. The first-order chi connectivity index (χ1) is 12.6. The molecule has 0 aromatic heterocycles. The van der Waals surface area contributed by atoms with Gasteiger partial charge in [0, 0.05) is 0 Å². The second kappa shape index (κ2) is 9.02. The second-order valence-electron chi connectivity index (χ2n) is 6.09. The topological polar surface area (TPSA) is 73.9 Å². The largest absolute Gasteiger partial charge is 0.491 e. The fraction of sp³-hybridized carbons (Fsp3) is 0.368. The molecule has 140 valence electrons. The monoisotopic (exact) mass is 377 g/mol. The van der Waals surface area contributed by atoms with Crippen LogP contribution in [0.3, 0.4) is 0 Å². The van der Waals surface area contributed by atoms with Crippen molar-refractivity contribution < 1.29 is 22.7 Å². The number of hydrogen-bond acceptors (Lipinski definition) is 5. The minimum absolute atomic E-state index is 0.0942. The van der Waals surface area contributed by atoms with Crippen molar-refractivity contribution in [3.05, 3.63) is 54.6 Å². The predicted octanol–water partition coefficient (Wildman–Crippen LogP) is 3.30. The highest BCUT2D eigenvalue weighted by Crippen LogP contribution is 2.24. The van der Waals surface area contributed by atoms with Gasteiger partial charge < -0.3 is 9.47 Å². The van der Waals surface area contributed by atoms with Crippen molar-refractivity contribution in [3.63, 3.8) is 0 Å². The summed E-state index contributed by atoms with van der Waals surface area (Å²) in [6, 6.07) is 15.6. The zero-order chi connectivity index (χ0) is 18.2. The summed E-state index contributed by atoms with van der Waals surface area (Å²) in [5.41, 5.74) is 0. The standard InChI is InChI=1S/C19H23NO5S/c21-26(22,20-24-15-14-23-16-6-2-1-3-7-16)19-12-10-18(11-13-19)25-17-8-4-5-9-17/h1-3,6-7,10-13,17,20H,4-5,8-9,14-15H2. The van der Waals surface area contributed by atoms with Crippen molar-refractivity contribution in [2.24, 2.45) is 0 Å². The summed E-state index contributed by atoms with van der Waals surface area (Å²) in [6.45, 7) is 0.331. The third-order valence-electron chi connectivity index (χ3n) is 4.10. The number of sulfonamides is 1. The smallest absolute Gasteiger partial charge is 0.262 e. The van der Waals surface area contributed by atoms with Gasteiger partial charge in [-0.1, -0.05) is 23.1 Å². The summed E-state index contributed by atoms with van der Waals surface area (Å²) in [7, 11) is -3.73. The van der Waals surface area contributed by atoms with E-state index in [2.05, 4.69) is 4.89 Å². The third-order valence-corrected chi connectivity index (χ3v) is 5.33. The summed E-state index contributed by atoms with van der Waals surface area (Å²) in [6.07, 6.45) is 4.73. The predicted molar refractivity (Wildman–Crippen MR) is 97.5 cm³/mol. The normalized spacial score (nSPS) is 15.1. The molecular weight excluding hydrogens is 354 g/mol. The van der Waals surface area contributed by atoms with E-state index < -0.39 is 10.0 Å². The van der Waals surface area contributed by atoms with Crippen LogP contribution in [0.1, 0.15) is 25.7 Å². The molecule has 0 amide bonds. The molecule has 1 aliphatic carbocycles. The summed E-state index contributed by atoms with van der Waals surface area (Å²) >= 11 is 0. The van der Waals surface area contributed by atoms with Gasteiger partial charge in [0.25, 0.3) is 10.0 Å². The Morgan fingerprint density at radius 3 is 2.27 bits per heavy atom. The van der Waals surface area contributed by atoms with Crippen molar-refractivity contribution >= 4 is 10.0 Å². The van der Waals surface area contributed by atoms with Gasteiger partial charge in [0.15, 0.2) is 0 Å². The molecule has 0 atom stereocenters. The van der Waals surface area contributed by atoms with E-state index in [0.717, 1.165) is 12.8 Å². The number of rotatable bonds is 9. The van der Waals surface area contributed by atoms with Gasteiger partial charge in [-0.05, 0) is 62.1 Å². The molecule has 1 N–H and O–H groups in total. The molecule has 1 saturated carbocycles. The Labute approximate surface area is 154 Å². The van der Waals surface area contributed by atoms with Crippen molar-refractivity contribution in [3.8, 4) is 11.5 Å². The van der Waals surface area contributed by atoms with E-state index in [4.69, 9.17) is 14.3 Å². The van der Waals surface area contributed by atoms with E-state index in [9.17, 15) is 8.42 Å². The highest BCUT2D eigenvalue weighted by Gasteiger charge is 2.18. The second-order valence-corrected chi connectivity index (χ2v) is 7.74. The Kier molecular flexibility index (Phi) is 6.49. The SMILES string of the molecule is O=S(=O)(NOCCOc1ccccc1)c1ccc(OC2CCCC2)cc1. The van der Waals surface area contributed by atoms with E-state index in [-0.39, 0.29) is 24.2 Å². The van der Waals surface area contributed by atoms with Gasteiger partial charge in [-0.2, -0.15) is 0 Å². The first-order valence-corrected chi connectivity index (χ1v) is 10.2. The first-order valence-electron chi connectivity index (χ1n) is 8.72. The molecule has 0 aliphatic heterocycles. The molecule has 0 radical (unpaired) electrons. The van der Waals surface area contributed by atoms with Crippen LogP contribution in [0.25, 0.3) is 0 Å². The van der Waals surface area contributed by atoms with Gasteiger partial charge in [0.1, 0.15) is 24.7 Å². The number of hydrogen-bond donors (Lipinski definition) is 1. The quantitative estimate of drug-likeness (QED) is 0.536. The maximum Gasteiger partial charge on any atom is 0.262 e. The van der Waals surface area contributed by atoms with Crippen molar-refractivity contribution in [1.82, 2.24) is 4.89 Å². The lowest BCUT2D eigenvalue weighted by Gasteiger charge is -2.13. The third kappa shape index (κ3) is 5.45. The summed E-state index contributed by atoms with van der Waals surface area (Å²) < 4.78 is 35.7. The molecule has 1 fully saturated rings. The van der Waals surface area contributed by atoms with Crippen LogP contribution in [0.5, 0.6) is 11.5 Å². The highest BCUT2D eigenvalue weighted by atomic mass is 32.2. The zero-order valence-electron chi connectivity index (χ0n) is 14.5. The van der Waals surface area contributed by atoms with E-state index >= 15 is 0 Å². The van der Waals surface area contributed by atoms with Crippen molar-refractivity contribution in [2.75, 3.05) is 13.2 Å². The summed E-state index contributed by atoms with van der Waals surface area (Å²) in [4.78, 5) is 7.25. The van der Waals surface area contributed by atoms with Gasteiger partial charge in [-0.15, -0.1) is 0 Å². The molecule has 2 aromatic carbocycles. The number of ether oxygens (including phenoxy) is 2. The Morgan fingerprint density at radius 1 is 0.885 bits per heavy atom. The van der Waals surface area contributed by atoms with Crippen LogP contribution in [0.4, 0.5) is 0 Å². The highest BCUT2D eigenvalue weighted by molar-refractivity contribution is 7.89. The molecule has 7 heteroatoms.